The van der Waals surface area contributed by atoms with Crippen molar-refractivity contribution < 1.29 is 37.6 Å². The van der Waals surface area contributed by atoms with Gasteiger partial charge in [0.05, 0.1) is 27.1 Å². The summed E-state index contributed by atoms with van der Waals surface area (Å²) in [6.45, 7) is -0.604. The van der Waals surface area contributed by atoms with Crippen LogP contribution < -0.4 is 15.1 Å². The first-order chi connectivity index (χ1) is 21.3. The molecule has 4 aromatic rings. The Morgan fingerprint density at radius 1 is 1.00 bits per heavy atom. The molecule has 16 heteroatoms. The first kappa shape index (κ1) is 30.1. The molecular weight excluding hydrogens is 637 g/mol. The number of carbonyl (C=O) groups excluding carboxylic acids is 3. The molecule has 1 fully saturated rings. The number of amides is 3. The number of imide groups is 1. The highest BCUT2D eigenvalue weighted by molar-refractivity contribution is 8.00. The SMILES string of the molecule is O=C(Cn1c2c(sc1=O)C(c1ccccc1O)C1C(=O)N(c3ccc([N+](=O)[O-])cc3)C(=O)C1S2)Nc1cccc(C(F)(F)F)c1. The van der Waals surface area contributed by atoms with Gasteiger partial charge < -0.3 is 10.4 Å². The summed E-state index contributed by atoms with van der Waals surface area (Å²) < 4.78 is 40.5. The highest BCUT2D eigenvalue weighted by Crippen LogP contribution is 2.55. The van der Waals surface area contributed by atoms with Crippen molar-refractivity contribution in [3.05, 3.63) is 109 Å². The third-order valence-corrected chi connectivity index (χ3v) is 10.0. The molecule has 0 bridgehead atoms. The van der Waals surface area contributed by atoms with Crippen molar-refractivity contribution in [1.82, 2.24) is 4.57 Å². The third kappa shape index (κ3) is 5.35. The van der Waals surface area contributed by atoms with Gasteiger partial charge in [0.25, 0.3) is 5.69 Å². The number of phenols is 1. The molecule has 2 aliphatic rings. The summed E-state index contributed by atoms with van der Waals surface area (Å²) in [6, 6.07) is 15.0. The van der Waals surface area contributed by atoms with Crippen molar-refractivity contribution in [3.63, 3.8) is 0 Å². The molecule has 0 saturated carbocycles. The lowest BCUT2D eigenvalue weighted by Crippen LogP contribution is -2.33. The van der Waals surface area contributed by atoms with Crippen molar-refractivity contribution in [2.24, 2.45) is 5.92 Å². The molecule has 3 amide bonds. The van der Waals surface area contributed by atoms with E-state index in [9.17, 15) is 47.6 Å². The zero-order chi connectivity index (χ0) is 32.2. The van der Waals surface area contributed by atoms with Gasteiger partial charge in [0, 0.05) is 34.2 Å². The Morgan fingerprint density at radius 2 is 1.71 bits per heavy atom. The number of nitro benzene ring substituents is 1. The van der Waals surface area contributed by atoms with Gasteiger partial charge in [0.2, 0.25) is 17.7 Å². The lowest BCUT2D eigenvalue weighted by Gasteiger charge is -2.31. The van der Waals surface area contributed by atoms with Crippen LogP contribution >= 0.6 is 23.1 Å². The summed E-state index contributed by atoms with van der Waals surface area (Å²) in [5, 5.41) is 23.4. The molecule has 45 heavy (non-hydrogen) atoms. The summed E-state index contributed by atoms with van der Waals surface area (Å²) in [5.41, 5.74) is -0.988. The van der Waals surface area contributed by atoms with Crippen molar-refractivity contribution in [2.75, 3.05) is 10.2 Å². The van der Waals surface area contributed by atoms with Crippen LogP contribution in [0.1, 0.15) is 21.9 Å². The minimum atomic E-state index is -4.64. The van der Waals surface area contributed by atoms with Gasteiger partial charge in [0.1, 0.15) is 17.5 Å². The number of thiazole rings is 1. The number of aromatic nitrogens is 1. The van der Waals surface area contributed by atoms with Gasteiger partial charge in [-0.1, -0.05) is 47.4 Å². The number of rotatable bonds is 6. The molecule has 1 aromatic heterocycles. The fourth-order valence-electron chi connectivity index (χ4n) is 5.44. The number of carbonyl (C=O) groups is 3. The molecule has 0 aliphatic carbocycles. The first-order valence-electron chi connectivity index (χ1n) is 13.1. The van der Waals surface area contributed by atoms with E-state index in [-0.39, 0.29) is 33.4 Å². The molecule has 3 aromatic carbocycles. The van der Waals surface area contributed by atoms with E-state index in [0.717, 1.165) is 62.9 Å². The molecule has 2 aliphatic heterocycles. The Balaban J connectivity index is 1.38. The smallest absolute Gasteiger partial charge is 0.416 e. The van der Waals surface area contributed by atoms with E-state index in [2.05, 4.69) is 5.32 Å². The van der Waals surface area contributed by atoms with Crippen molar-refractivity contribution in [2.45, 2.75) is 28.9 Å². The molecule has 0 spiro atoms. The van der Waals surface area contributed by atoms with E-state index in [1.54, 1.807) is 18.2 Å². The number of hydrogen-bond acceptors (Lipinski definition) is 9. The number of halogens is 3. The zero-order valence-electron chi connectivity index (χ0n) is 22.6. The fraction of sp³-hybridized carbons (Fsp3) is 0.172. The highest BCUT2D eigenvalue weighted by atomic mass is 32.2. The normalized spacial score (nSPS) is 19.3. The predicted molar refractivity (Wildman–Crippen MR) is 157 cm³/mol. The number of para-hydroxylation sites is 1. The van der Waals surface area contributed by atoms with Crippen LogP contribution in [0.15, 0.2) is 82.6 Å². The van der Waals surface area contributed by atoms with Crippen molar-refractivity contribution in [1.29, 1.82) is 0 Å². The second kappa shape index (κ2) is 11.2. The van der Waals surface area contributed by atoms with Gasteiger partial charge >= 0.3 is 11.0 Å². The summed E-state index contributed by atoms with van der Waals surface area (Å²) in [5.74, 6) is -4.35. The zero-order valence-corrected chi connectivity index (χ0v) is 24.2. The van der Waals surface area contributed by atoms with Crippen LogP contribution in [0.2, 0.25) is 0 Å². The molecule has 3 heterocycles. The van der Waals surface area contributed by atoms with Gasteiger partial charge in [-0.2, -0.15) is 13.2 Å². The highest BCUT2D eigenvalue weighted by Gasteiger charge is 2.57. The summed E-state index contributed by atoms with van der Waals surface area (Å²) >= 11 is 1.62. The minimum absolute atomic E-state index is 0.0999. The second-order valence-corrected chi connectivity index (χ2v) is 12.3. The molecule has 3 atom stereocenters. The first-order valence-corrected chi connectivity index (χ1v) is 14.8. The van der Waals surface area contributed by atoms with E-state index >= 15 is 0 Å². The number of nitrogens with zero attached hydrogens (tertiary/aromatic N) is 3. The standard InChI is InChI=1S/C29H19F3N4O7S2/c30-29(31,32)14-4-3-5-15(12-14)33-20(38)13-34-27-24(45-28(34)41)21(18-6-1-2-7-19(18)37)22-23(44-27)26(40)35(25(22)39)16-8-10-17(11-9-16)36(42)43/h1-12,21-23,37H,13H2,(H,33,38). The quantitative estimate of drug-likeness (QED) is 0.168. The van der Waals surface area contributed by atoms with E-state index in [1.165, 1.54) is 24.3 Å². The van der Waals surface area contributed by atoms with Crippen LogP contribution in [-0.4, -0.2) is 37.6 Å². The average molecular weight is 657 g/mol. The summed E-state index contributed by atoms with van der Waals surface area (Å²) in [7, 11) is 0. The van der Waals surface area contributed by atoms with Gasteiger partial charge in [-0.25, -0.2) is 4.90 Å². The molecular formula is C29H19F3N4O7S2. The van der Waals surface area contributed by atoms with Crippen LogP contribution in [0, 0.1) is 16.0 Å². The maximum atomic E-state index is 13.9. The fourth-order valence-corrected chi connectivity index (χ4v) is 8.20. The van der Waals surface area contributed by atoms with Crippen LogP contribution in [-0.2, 0) is 27.1 Å². The molecule has 230 valence electrons. The molecule has 1 saturated heterocycles. The number of hydrogen-bond donors (Lipinski definition) is 2. The summed E-state index contributed by atoms with van der Waals surface area (Å²) in [6.07, 6.45) is -4.64. The van der Waals surface area contributed by atoms with Crippen LogP contribution in [0.25, 0.3) is 0 Å². The molecule has 2 N–H and O–H groups in total. The van der Waals surface area contributed by atoms with Gasteiger partial charge in [-0.15, -0.1) is 0 Å². The number of fused-ring (bicyclic) bond motifs is 2. The minimum Gasteiger partial charge on any atom is -0.508 e. The van der Waals surface area contributed by atoms with E-state index in [4.69, 9.17) is 0 Å². The number of phenolic OH excluding ortho intramolecular Hbond substituents is 1. The number of nitrogens with one attached hydrogen (secondary N) is 1. The lowest BCUT2D eigenvalue weighted by molar-refractivity contribution is -0.384. The molecule has 6 rings (SSSR count). The molecule has 0 radical (unpaired) electrons. The Labute approximate surface area is 259 Å². The van der Waals surface area contributed by atoms with Crippen LogP contribution in [0.3, 0.4) is 0 Å². The third-order valence-electron chi connectivity index (χ3n) is 7.42. The maximum absolute atomic E-state index is 13.9. The number of thioether (sulfide) groups is 1. The number of anilines is 2. The Bertz CT molecular complexity index is 1940. The monoisotopic (exact) mass is 656 g/mol. The largest absolute Gasteiger partial charge is 0.508 e. The Kier molecular flexibility index (Phi) is 7.48. The van der Waals surface area contributed by atoms with E-state index in [1.807, 2.05) is 0 Å². The van der Waals surface area contributed by atoms with Crippen molar-refractivity contribution in [3.8, 4) is 5.75 Å². The predicted octanol–water partition coefficient (Wildman–Crippen LogP) is 4.98. The maximum Gasteiger partial charge on any atom is 0.416 e. The van der Waals surface area contributed by atoms with E-state index in [0.29, 0.717) is 4.88 Å². The second-order valence-electron chi connectivity index (χ2n) is 10.1. The topological polar surface area (TPSA) is 152 Å². The lowest BCUT2D eigenvalue weighted by atomic mass is 9.82. The van der Waals surface area contributed by atoms with Gasteiger partial charge in [-0.05, 0) is 36.4 Å². The average Bonchev–Trinajstić information content (AvgIpc) is 3.43. The number of aromatic hydroxyl groups is 1. The molecule has 3 unspecified atom stereocenters. The van der Waals surface area contributed by atoms with Gasteiger partial charge in [0.15, 0.2) is 0 Å². The number of nitro groups is 1. The molecule has 11 nitrogen and oxygen atoms in total. The summed E-state index contributed by atoms with van der Waals surface area (Å²) in [4.78, 5) is 65.0. The van der Waals surface area contributed by atoms with E-state index < -0.39 is 62.9 Å². The number of benzene rings is 3. The van der Waals surface area contributed by atoms with Gasteiger partial charge in [-0.3, -0.25) is 33.9 Å². The van der Waals surface area contributed by atoms with Crippen molar-refractivity contribution >= 4 is 57.9 Å². The van der Waals surface area contributed by atoms with Crippen LogP contribution in [0.4, 0.5) is 30.2 Å². The Hall–Kier alpha value is -4.96. The Morgan fingerprint density at radius 3 is 2.38 bits per heavy atom. The van der Waals surface area contributed by atoms with Crippen LogP contribution in [0.5, 0.6) is 5.75 Å². The number of non-ortho nitro benzene ring substituents is 1. The number of alkyl halides is 3.